The third-order valence-corrected chi connectivity index (χ3v) is 3.43. The summed E-state index contributed by atoms with van der Waals surface area (Å²) in [5, 5.41) is 9.09. The molecule has 2 rings (SSSR count). The van der Waals surface area contributed by atoms with Gasteiger partial charge in [0.25, 0.3) is 0 Å². The zero-order chi connectivity index (χ0) is 13.0. The quantitative estimate of drug-likeness (QED) is 0.857. The zero-order valence-electron chi connectivity index (χ0n) is 9.96. The summed E-state index contributed by atoms with van der Waals surface area (Å²) in [5.74, 6) is -0.909. The van der Waals surface area contributed by atoms with E-state index in [1.54, 1.807) is 18.0 Å². The number of pyridine rings is 1. The van der Waals surface area contributed by atoms with Crippen molar-refractivity contribution in [2.24, 2.45) is 0 Å². The summed E-state index contributed by atoms with van der Waals surface area (Å²) in [6.45, 7) is 0. The van der Waals surface area contributed by atoms with Crippen LogP contribution in [0, 0.1) is 0 Å². The van der Waals surface area contributed by atoms with E-state index >= 15 is 0 Å². The molecule has 0 unspecified atom stereocenters. The van der Waals surface area contributed by atoms with Crippen LogP contribution in [0.25, 0.3) is 0 Å². The Morgan fingerprint density at radius 3 is 2.61 bits per heavy atom. The second-order valence-electron chi connectivity index (χ2n) is 3.86. The molecule has 0 saturated heterocycles. The molecule has 0 amide bonds. The van der Waals surface area contributed by atoms with E-state index in [9.17, 15) is 4.79 Å². The van der Waals surface area contributed by atoms with Gasteiger partial charge in [0, 0.05) is 17.3 Å². The van der Waals surface area contributed by atoms with E-state index in [1.807, 2.05) is 30.5 Å². The fourth-order valence-electron chi connectivity index (χ4n) is 1.74. The van der Waals surface area contributed by atoms with Crippen molar-refractivity contribution in [1.82, 2.24) is 4.98 Å². The molecule has 0 bridgehead atoms. The predicted molar refractivity (Wildman–Crippen MR) is 72.2 cm³/mol. The number of aromatic carboxylic acids is 1. The molecule has 4 heteroatoms. The second kappa shape index (κ2) is 5.69. The monoisotopic (exact) mass is 259 g/mol. The zero-order valence-corrected chi connectivity index (χ0v) is 10.8. The van der Waals surface area contributed by atoms with Crippen molar-refractivity contribution in [2.75, 3.05) is 6.26 Å². The maximum absolute atomic E-state index is 11.1. The van der Waals surface area contributed by atoms with Gasteiger partial charge in [-0.2, -0.15) is 0 Å². The molecule has 0 aliphatic carbocycles. The highest BCUT2D eigenvalue weighted by atomic mass is 32.2. The van der Waals surface area contributed by atoms with E-state index in [1.165, 1.54) is 17.2 Å². The van der Waals surface area contributed by atoms with E-state index in [4.69, 9.17) is 5.11 Å². The van der Waals surface area contributed by atoms with Crippen molar-refractivity contribution in [2.45, 2.75) is 11.3 Å². The summed E-state index contributed by atoms with van der Waals surface area (Å²) in [4.78, 5) is 16.3. The van der Waals surface area contributed by atoms with Gasteiger partial charge in [0.2, 0.25) is 0 Å². The van der Waals surface area contributed by atoms with Crippen molar-refractivity contribution in [3.05, 3.63) is 59.4 Å². The summed E-state index contributed by atoms with van der Waals surface area (Å²) < 4.78 is 0. The molecule has 1 N–H and O–H groups in total. The minimum atomic E-state index is -0.909. The Balaban J connectivity index is 2.25. The van der Waals surface area contributed by atoms with Crippen LogP contribution in [0.2, 0.25) is 0 Å². The fraction of sp³-hybridized carbons (Fsp3) is 0.143. The van der Waals surface area contributed by atoms with Crippen LogP contribution in [0.15, 0.2) is 47.6 Å². The first-order valence-corrected chi connectivity index (χ1v) is 6.72. The van der Waals surface area contributed by atoms with Crippen molar-refractivity contribution < 1.29 is 9.90 Å². The SMILES string of the molecule is CSc1ccc(Cc2cnccc2C(=O)O)cc1. The Hall–Kier alpha value is -1.81. The number of benzene rings is 1. The molecule has 0 atom stereocenters. The van der Waals surface area contributed by atoms with Gasteiger partial charge in [-0.05, 0) is 42.0 Å². The molecular formula is C14H13NO2S. The summed E-state index contributed by atoms with van der Waals surface area (Å²) in [7, 11) is 0. The molecule has 92 valence electrons. The minimum absolute atomic E-state index is 0.318. The normalized spacial score (nSPS) is 10.3. The Kier molecular flexibility index (Phi) is 3.99. The number of nitrogens with zero attached hydrogens (tertiary/aromatic N) is 1. The smallest absolute Gasteiger partial charge is 0.336 e. The molecule has 18 heavy (non-hydrogen) atoms. The van der Waals surface area contributed by atoms with Crippen LogP contribution in [0.1, 0.15) is 21.5 Å². The maximum atomic E-state index is 11.1. The van der Waals surface area contributed by atoms with Gasteiger partial charge < -0.3 is 5.11 Å². The van der Waals surface area contributed by atoms with Gasteiger partial charge >= 0.3 is 5.97 Å². The van der Waals surface area contributed by atoms with Gasteiger partial charge in [-0.25, -0.2) is 4.79 Å². The van der Waals surface area contributed by atoms with Gasteiger partial charge in [0.15, 0.2) is 0 Å². The van der Waals surface area contributed by atoms with Gasteiger partial charge in [0.05, 0.1) is 5.56 Å². The highest BCUT2D eigenvalue weighted by molar-refractivity contribution is 7.98. The topological polar surface area (TPSA) is 50.2 Å². The first-order valence-electron chi connectivity index (χ1n) is 5.50. The molecule has 1 aromatic heterocycles. The Labute approximate surface area is 110 Å². The van der Waals surface area contributed by atoms with E-state index in [0.29, 0.717) is 12.0 Å². The first kappa shape index (κ1) is 12.6. The van der Waals surface area contributed by atoms with Crippen LogP contribution in [-0.4, -0.2) is 22.3 Å². The van der Waals surface area contributed by atoms with Gasteiger partial charge in [-0.3, -0.25) is 4.98 Å². The molecule has 0 saturated carbocycles. The minimum Gasteiger partial charge on any atom is -0.478 e. The molecule has 1 heterocycles. The highest BCUT2D eigenvalue weighted by Crippen LogP contribution is 2.18. The third kappa shape index (κ3) is 2.90. The Bertz CT molecular complexity index is 552. The lowest BCUT2D eigenvalue weighted by Crippen LogP contribution is -2.03. The van der Waals surface area contributed by atoms with E-state index in [0.717, 1.165) is 11.1 Å². The van der Waals surface area contributed by atoms with Crippen molar-refractivity contribution >= 4 is 17.7 Å². The van der Waals surface area contributed by atoms with Gasteiger partial charge in [-0.15, -0.1) is 11.8 Å². The van der Waals surface area contributed by atoms with Crippen molar-refractivity contribution in [3.63, 3.8) is 0 Å². The summed E-state index contributed by atoms with van der Waals surface area (Å²) in [6.07, 6.45) is 5.73. The maximum Gasteiger partial charge on any atom is 0.336 e. The van der Waals surface area contributed by atoms with Gasteiger partial charge in [-0.1, -0.05) is 12.1 Å². The van der Waals surface area contributed by atoms with Gasteiger partial charge in [0.1, 0.15) is 0 Å². The molecule has 3 nitrogen and oxygen atoms in total. The third-order valence-electron chi connectivity index (χ3n) is 2.69. The molecule has 2 aromatic rings. The predicted octanol–water partition coefficient (Wildman–Crippen LogP) is 3.09. The number of thioether (sulfide) groups is 1. The molecule has 0 aliphatic rings. The number of rotatable bonds is 4. The summed E-state index contributed by atoms with van der Waals surface area (Å²) >= 11 is 1.69. The fourth-order valence-corrected chi connectivity index (χ4v) is 2.15. The Morgan fingerprint density at radius 2 is 2.00 bits per heavy atom. The summed E-state index contributed by atoms with van der Waals surface area (Å²) in [6, 6.07) is 9.65. The first-order chi connectivity index (χ1) is 8.70. The molecule has 0 fully saturated rings. The largest absolute Gasteiger partial charge is 0.478 e. The highest BCUT2D eigenvalue weighted by Gasteiger charge is 2.09. The molecular weight excluding hydrogens is 246 g/mol. The van der Waals surface area contributed by atoms with E-state index in [2.05, 4.69) is 4.98 Å². The van der Waals surface area contributed by atoms with E-state index in [-0.39, 0.29) is 0 Å². The average Bonchev–Trinajstić information content (AvgIpc) is 2.40. The standard InChI is InChI=1S/C14H13NO2S/c1-18-12-4-2-10(3-5-12)8-11-9-15-7-6-13(11)14(16)17/h2-7,9H,8H2,1H3,(H,16,17). The number of carboxylic acid groups (broad SMARTS) is 1. The number of aromatic nitrogens is 1. The van der Waals surface area contributed by atoms with E-state index < -0.39 is 5.97 Å². The lowest BCUT2D eigenvalue weighted by Gasteiger charge is -2.06. The number of hydrogen-bond donors (Lipinski definition) is 1. The van der Waals surface area contributed by atoms with Crippen molar-refractivity contribution in [3.8, 4) is 0 Å². The van der Waals surface area contributed by atoms with Crippen LogP contribution in [-0.2, 0) is 6.42 Å². The van der Waals surface area contributed by atoms with Crippen LogP contribution in [0.4, 0.5) is 0 Å². The molecule has 0 aliphatic heterocycles. The number of carbonyl (C=O) groups is 1. The second-order valence-corrected chi connectivity index (χ2v) is 4.74. The van der Waals surface area contributed by atoms with Crippen LogP contribution < -0.4 is 0 Å². The van der Waals surface area contributed by atoms with Crippen molar-refractivity contribution in [1.29, 1.82) is 0 Å². The Morgan fingerprint density at radius 1 is 1.28 bits per heavy atom. The van der Waals surface area contributed by atoms with Crippen LogP contribution >= 0.6 is 11.8 Å². The average molecular weight is 259 g/mol. The molecule has 1 aromatic carbocycles. The summed E-state index contributed by atoms with van der Waals surface area (Å²) in [5.41, 5.74) is 2.14. The lowest BCUT2D eigenvalue weighted by atomic mass is 10.0. The molecule has 0 spiro atoms. The van der Waals surface area contributed by atoms with Crippen LogP contribution in [0.5, 0.6) is 0 Å². The number of hydrogen-bond acceptors (Lipinski definition) is 3. The lowest BCUT2D eigenvalue weighted by molar-refractivity contribution is 0.0695. The number of carboxylic acids is 1. The van der Waals surface area contributed by atoms with Crippen LogP contribution in [0.3, 0.4) is 0 Å². The molecule has 0 radical (unpaired) electrons.